The fraction of sp³-hybridized carbons (Fsp3) is 0.0769. The van der Waals surface area contributed by atoms with E-state index in [-0.39, 0.29) is 16.4 Å². The summed E-state index contributed by atoms with van der Waals surface area (Å²) in [6, 6.07) is 19.4. The first kappa shape index (κ1) is 22.1. The Hall–Kier alpha value is -4.15. The maximum absolute atomic E-state index is 13.4. The van der Waals surface area contributed by atoms with Crippen LogP contribution in [-0.4, -0.2) is 42.3 Å². The van der Waals surface area contributed by atoms with E-state index in [9.17, 15) is 13.2 Å². The van der Waals surface area contributed by atoms with E-state index < -0.39 is 10.0 Å². The van der Waals surface area contributed by atoms with Crippen LogP contribution in [0.4, 0.5) is 0 Å². The Labute approximate surface area is 192 Å². The lowest BCUT2D eigenvalue weighted by Crippen LogP contribution is -2.18. The second-order valence-electron chi connectivity index (χ2n) is 7.44. The van der Waals surface area contributed by atoms with Crippen LogP contribution in [0.3, 0.4) is 0 Å². The lowest BCUT2D eigenvalue weighted by molar-refractivity contribution is -0.123. The Morgan fingerprint density at radius 1 is 0.970 bits per heavy atom. The number of fused-ring (bicyclic) bond motifs is 1. The van der Waals surface area contributed by atoms with Gasteiger partial charge in [0.05, 0.1) is 4.90 Å². The summed E-state index contributed by atoms with van der Waals surface area (Å²) in [5, 5.41) is 0.559. The Balaban J connectivity index is 1.94. The molecule has 2 aromatic heterocycles. The maximum atomic E-state index is 13.4. The zero-order valence-corrected chi connectivity index (χ0v) is 19.0. The van der Waals surface area contributed by atoms with E-state index in [0.29, 0.717) is 16.5 Å². The average Bonchev–Trinajstić information content (AvgIpc) is 3.22. The number of aromatic nitrogens is 2. The fourth-order valence-electron chi connectivity index (χ4n) is 3.25. The molecular weight excluding hydrogens is 434 g/mol. The topological polar surface area (TPSA) is 72.3 Å². The van der Waals surface area contributed by atoms with Crippen molar-refractivity contribution in [2.24, 2.45) is 0 Å². The summed E-state index contributed by atoms with van der Waals surface area (Å²) in [4.78, 5) is 18.1. The lowest BCUT2D eigenvalue weighted by atomic mass is 10.1. The van der Waals surface area contributed by atoms with Gasteiger partial charge in [-0.1, -0.05) is 48.2 Å². The van der Waals surface area contributed by atoms with Crippen LogP contribution in [0, 0.1) is 11.8 Å². The van der Waals surface area contributed by atoms with E-state index in [1.54, 1.807) is 44.4 Å². The van der Waals surface area contributed by atoms with Gasteiger partial charge in [-0.2, -0.15) is 0 Å². The van der Waals surface area contributed by atoms with Gasteiger partial charge in [0, 0.05) is 54.6 Å². The van der Waals surface area contributed by atoms with Gasteiger partial charge in [0.15, 0.2) is 5.65 Å². The van der Waals surface area contributed by atoms with Crippen LogP contribution < -0.4 is 0 Å². The number of pyridine rings is 1. The molecule has 0 N–H and O–H groups in total. The fourth-order valence-corrected chi connectivity index (χ4v) is 4.59. The SMILES string of the molecule is CN(C)C(=O)C=Cc1cn(S(=O)(=O)c2ccccc2)c2nccc(C#Cc3ccccc3)c12. The van der Waals surface area contributed by atoms with E-state index in [1.807, 2.05) is 30.3 Å². The summed E-state index contributed by atoms with van der Waals surface area (Å²) in [6.45, 7) is 0. The van der Waals surface area contributed by atoms with Crippen molar-refractivity contribution in [1.29, 1.82) is 0 Å². The Morgan fingerprint density at radius 3 is 2.30 bits per heavy atom. The van der Waals surface area contributed by atoms with E-state index in [0.717, 1.165) is 9.54 Å². The molecule has 2 aromatic carbocycles. The number of amides is 1. The minimum atomic E-state index is -3.91. The summed E-state index contributed by atoms with van der Waals surface area (Å²) in [7, 11) is -0.613. The molecule has 0 saturated heterocycles. The monoisotopic (exact) mass is 455 g/mol. The van der Waals surface area contributed by atoms with Crippen LogP contribution >= 0.6 is 0 Å². The number of hydrogen-bond acceptors (Lipinski definition) is 4. The molecule has 0 fully saturated rings. The van der Waals surface area contributed by atoms with Crippen molar-refractivity contribution in [3.63, 3.8) is 0 Å². The lowest BCUT2D eigenvalue weighted by Gasteiger charge is -2.06. The van der Waals surface area contributed by atoms with Gasteiger partial charge in [-0.05, 0) is 36.4 Å². The highest BCUT2D eigenvalue weighted by Crippen LogP contribution is 2.28. The first-order valence-electron chi connectivity index (χ1n) is 10.1. The molecule has 4 rings (SSSR count). The third kappa shape index (κ3) is 4.56. The number of carbonyl (C=O) groups excluding carboxylic acids is 1. The minimum Gasteiger partial charge on any atom is -0.345 e. The molecule has 0 radical (unpaired) electrons. The van der Waals surface area contributed by atoms with Crippen LogP contribution in [0.2, 0.25) is 0 Å². The number of benzene rings is 2. The Morgan fingerprint density at radius 2 is 1.64 bits per heavy atom. The van der Waals surface area contributed by atoms with Gasteiger partial charge in [-0.25, -0.2) is 17.4 Å². The van der Waals surface area contributed by atoms with Gasteiger partial charge in [0.2, 0.25) is 5.91 Å². The van der Waals surface area contributed by atoms with E-state index in [1.165, 1.54) is 35.5 Å². The maximum Gasteiger partial charge on any atom is 0.269 e. The highest BCUT2D eigenvalue weighted by Gasteiger charge is 2.22. The van der Waals surface area contributed by atoms with Crippen molar-refractivity contribution in [2.75, 3.05) is 14.1 Å². The van der Waals surface area contributed by atoms with Gasteiger partial charge in [-0.3, -0.25) is 4.79 Å². The van der Waals surface area contributed by atoms with Crippen molar-refractivity contribution in [3.8, 4) is 11.8 Å². The van der Waals surface area contributed by atoms with Crippen molar-refractivity contribution in [2.45, 2.75) is 4.90 Å². The van der Waals surface area contributed by atoms with E-state index >= 15 is 0 Å². The highest BCUT2D eigenvalue weighted by molar-refractivity contribution is 7.90. The minimum absolute atomic E-state index is 0.143. The molecule has 0 spiro atoms. The van der Waals surface area contributed by atoms with Crippen molar-refractivity contribution in [3.05, 3.63) is 102 Å². The van der Waals surface area contributed by atoms with E-state index in [2.05, 4.69) is 16.8 Å². The highest BCUT2D eigenvalue weighted by atomic mass is 32.2. The molecule has 0 aliphatic carbocycles. The third-order valence-corrected chi connectivity index (χ3v) is 6.61. The van der Waals surface area contributed by atoms with Gasteiger partial charge < -0.3 is 4.90 Å². The molecule has 2 heterocycles. The summed E-state index contributed by atoms with van der Waals surface area (Å²) in [5.74, 6) is 6.02. The van der Waals surface area contributed by atoms with Gasteiger partial charge >= 0.3 is 0 Å². The normalized spacial score (nSPS) is 11.3. The number of carbonyl (C=O) groups is 1. The average molecular weight is 456 g/mol. The number of hydrogen-bond donors (Lipinski definition) is 0. The van der Waals surface area contributed by atoms with Crippen molar-refractivity contribution in [1.82, 2.24) is 13.9 Å². The van der Waals surface area contributed by atoms with Gasteiger partial charge in [-0.15, -0.1) is 0 Å². The summed E-state index contributed by atoms with van der Waals surface area (Å²) < 4.78 is 27.9. The molecule has 1 amide bonds. The molecule has 0 unspecified atom stereocenters. The molecule has 0 saturated carbocycles. The third-order valence-electron chi connectivity index (χ3n) is 4.95. The van der Waals surface area contributed by atoms with Crippen LogP contribution in [0.25, 0.3) is 17.1 Å². The summed E-state index contributed by atoms with van der Waals surface area (Å²) >= 11 is 0. The number of likely N-dealkylation sites (N-methyl/N-ethyl adjacent to an activating group) is 1. The zero-order valence-electron chi connectivity index (χ0n) is 18.1. The molecule has 7 heteroatoms. The largest absolute Gasteiger partial charge is 0.345 e. The first-order chi connectivity index (χ1) is 15.9. The van der Waals surface area contributed by atoms with Gasteiger partial charge in [0.1, 0.15) is 0 Å². The summed E-state index contributed by atoms with van der Waals surface area (Å²) in [6.07, 6.45) is 6.01. The van der Waals surface area contributed by atoms with Crippen LogP contribution in [0.1, 0.15) is 16.7 Å². The van der Waals surface area contributed by atoms with Crippen molar-refractivity contribution < 1.29 is 13.2 Å². The molecule has 0 atom stereocenters. The number of rotatable bonds is 4. The first-order valence-corrected chi connectivity index (χ1v) is 11.6. The predicted molar refractivity (Wildman–Crippen MR) is 129 cm³/mol. The molecule has 33 heavy (non-hydrogen) atoms. The Bertz CT molecular complexity index is 1510. The van der Waals surface area contributed by atoms with Crippen LogP contribution in [0.5, 0.6) is 0 Å². The molecule has 0 aliphatic rings. The second-order valence-corrected chi connectivity index (χ2v) is 9.25. The standard InChI is InChI=1S/C26H21N3O3S/c1-28(2)24(30)16-15-22-19-29(33(31,32)23-11-7-4-8-12-23)26-25(22)21(17-18-27-26)14-13-20-9-5-3-6-10-20/h3-12,15-19H,1-2H3. The van der Waals surface area contributed by atoms with Crippen LogP contribution in [0.15, 0.2) is 90.1 Å². The zero-order chi connectivity index (χ0) is 23.4. The summed E-state index contributed by atoms with van der Waals surface area (Å²) in [5.41, 5.74) is 2.22. The molecule has 4 aromatic rings. The Kier molecular flexibility index (Phi) is 6.11. The molecular formula is C26H21N3O3S. The van der Waals surface area contributed by atoms with Crippen molar-refractivity contribution >= 4 is 33.0 Å². The molecule has 0 aliphatic heterocycles. The van der Waals surface area contributed by atoms with Gasteiger partial charge in [0.25, 0.3) is 10.0 Å². The van der Waals surface area contributed by atoms with Crippen LogP contribution in [-0.2, 0) is 14.8 Å². The second kappa shape index (κ2) is 9.15. The predicted octanol–water partition coefficient (Wildman–Crippen LogP) is 3.77. The molecule has 164 valence electrons. The van der Waals surface area contributed by atoms with E-state index in [4.69, 9.17) is 0 Å². The molecule has 6 nitrogen and oxygen atoms in total. The quantitative estimate of drug-likeness (QED) is 0.347. The number of nitrogens with zero attached hydrogens (tertiary/aromatic N) is 3. The molecule has 0 bridgehead atoms. The smallest absolute Gasteiger partial charge is 0.269 e.